The monoisotopic (exact) mass is 264 g/mol. The zero-order valence-electron chi connectivity index (χ0n) is 11.0. The van der Waals surface area contributed by atoms with E-state index in [2.05, 4.69) is 4.98 Å². The van der Waals surface area contributed by atoms with Crippen LogP contribution < -0.4 is 4.90 Å². The van der Waals surface area contributed by atoms with E-state index < -0.39 is 4.92 Å². The summed E-state index contributed by atoms with van der Waals surface area (Å²) in [6.45, 7) is 3.02. The molecule has 1 aromatic heterocycles. The molecule has 1 aromatic rings. The quantitative estimate of drug-likeness (QED) is 0.549. The van der Waals surface area contributed by atoms with Gasteiger partial charge in [0.05, 0.1) is 24.0 Å². The Kier molecular flexibility index (Phi) is 5.70. The van der Waals surface area contributed by atoms with Crippen LogP contribution >= 0.6 is 0 Å². The lowest BCUT2D eigenvalue weighted by Gasteiger charge is -2.22. The van der Waals surface area contributed by atoms with Crippen molar-refractivity contribution in [2.24, 2.45) is 0 Å². The predicted molar refractivity (Wildman–Crippen MR) is 69.9 cm³/mol. The van der Waals surface area contributed by atoms with Crippen LogP contribution in [0.1, 0.15) is 12.1 Å². The molecule has 0 aliphatic carbocycles. The highest BCUT2D eigenvalue weighted by molar-refractivity contribution is 5.58. The van der Waals surface area contributed by atoms with Crippen LogP contribution in [-0.2, 0) is 4.74 Å². The number of nitriles is 1. The van der Waals surface area contributed by atoms with Gasteiger partial charge in [-0.3, -0.25) is 10.1 Å². The Morgan fingerprint density at radius 3 is 2.84 bits per heavy atom. The van der Waals surface area contributed by atoms with Gasteiger partial charge in [0.1, 0.15) is 0 Å². The van der Waals surface area contributed by atoms with Gasteiger partial charge in [-0.15, -0.1) is 0 Å². The fourth-order valence-corrected chi connectivity index (χ4v) is 1.62. The zero-order valence-corrected chi connectivity index (χ0v) is 11.0. The molecule has 1 heterocycles. The number of aryl methyl sites for hydroxylation is 1. The normalized spacial score (nSPS) is 9.95. The Balaban J connectivity index is 3.08. The first-order chi connectivity index (χ1) is 9.10. The van der Waals surface area contributed by atoms with Crippen molar-refractivity contribution >= 4 is 11.5 Å². The van der Waals surface area contributed by atoms with Gasteiger partial charge in [-0.05, 0) is 13.0 Å². The van der Waals surface area contributed by atoms with E-state index in [-0.39, 0.29) is 17.9 Å². The van der Waals surface area contributed by atoms with E-state index in [0.717, 1.165) is 0 Å². The van der Waals surface area contributed by atoms with E-state index in [0.29, 0.717) is 25.4 Å². The predicted octanol–water partition coefficient (Wildman–Crippen LogP) is 1.66. The highest BCUT2D eigenvalue weighted by Gasteiger charge is 2.21. The van der Waals surface area contributed by atoms with Crippen molar-refractivity contribution in [3.8, 4) is 6.07 Å². The second-order valence-electron chi connectivity index (χ2n) is 3.94. The summed E-state index contributed by atoms with van der Waals surface area (Å²) in [7, 11) is 1.56. The number of nitro groups is 1. The minimum Gasteiger partial charge on any atom is -0.383 e. The maximum absolute atomic E-state index is 11.0. The van der Waals surface area contributed by atoms with Crippen LogP contribution in [0.15, 0.2) is 12.1 Å². The summed E-state index contributed by atoms with van der Waals surface area (Å²) in [5.41, 5.74) is 0.639. The lowest BCUT2D eigenvalue weighted by atomic mass is 10.3. The number of pyridine rings is 1. The summed E-state index contributed by atoms with van der Waals surface area (Å²) in [4.78, 5) is 16.5. The second-order valence-corrected chi connectivity index (χ2v) is 3.94. The number of rotatable bonds is 7. The van der Waals surface area contributed by atoms with Crippen molar-refractivity contribution in [2.75, 3.05) is 31.7 Å². The Labute approximate surface area is 111 Å². The summed E-state index contributed by atoms with van der Waals surface area (Å²) in [6, 6.07) is 5.06. The molecule has 19 heavy (non-hydrogen) atoms. The average molecular weight is 264 g/mol. The molecule has 0 aliphatic rings. The number of methoxy groups -OCH3 is 1. The van der Waals surface area contributed by atoms with Crippen LogP contribution in [-0.4, -0.2) is 36.7 Å². The molecular formula is C12H16N4O3. The third-order valence-electron chi connectivity index (χ3n) is 2.55. The maximum atomic E-state index is 11.0. The van der Waals surface area contributed by atoms with Gasteiger partial charge < -0.3 is 9.64 Å². The van der Waals surface area contributed by atoms with Crippen LogP contribution in [0.25, 0.3) is 0 Å². The fourth-order valence-electron chi connectivity index (χ4n) is 1.62. The minimum atomic E-state index is -0.464. The van der Waals surface area contributed by atoms with Crippen molar-refractivity contribution in [2.45, 2.75) is 13.3 Å². The zero-order chi connectivity index (χ0) is 14.3. The molecule has 0 atom stereocenters. The lowest BCUT2D eigenvalue weighted by molar-refractivity contribution is -0.384. The summed E-state index contributed by atoms with van der Waals surface area (Å²) in [5.74, 6) is 0.289. The van der Waals surface area contributed by atoms with E-state index in [1.165, 1.54) is 6.07 Å². The summed E-state index contributed by atoms with van der Waals surface area (Å²) < 4.78 is 4.98. The van der Waals surface area contributed by atoms with Crippen molar-refractivity contribution in [3.05, 3.63) is 27.9 Å². The number of ether oxygens (including phenoxy) is 1. The Bertz CT molecular complexity index is 484. The standard InChI is InChI=1S/C12H16N4O3/c1-10-4-5-11(16(17)18)12(14-10)15(7-3-6-13)8-9-19-2/h4-5H,3,7-9H2,1-2H3. The molecule has 0 bridgehead atoms. The van der Waals surface area contributed by atoms with Crippen LogP contribution in [0, 0.1) is 28.4 Å². The lowest BCUT2D eigenvalue weighted by Crippen LogP contribution is -2.29. The first-order valence-corrected chi connectivity index (χ1v) is 5.83. The molecule has 0 unspecified atom stereocenters. The van der Waals surface area contributed by atoms with Gasteiger partial charge in [0.2, 0.25) is 5.82 Å². The second kappa shape index (κ2) is 7.28. The Morgan fingerprint density at radius 1 is 1.53 bits per heavy atom. The third-order valence-corrected chi connectivity index (χ3v) is 2.55. The van der Waals surface area contributed by atoms with Gasteiger partial charge in [-0.1, -0.05) is 0 Å². The molecule has 0 aliphatic heterocycles. The number of hydrogen-bond acceptors (Lipinski definition) is 6. The largest absolute Gasteiger partial charge is 0.383 e. The Morgan fingerprint density at radius 2 is 2.26 bits per heavy atom. The summed E-state index contributed by atoms with van der Waals surface area (Å²) in [5, 5.41) is 19.7. The molecule has 102 valence electrons. The van der Waals surface area contributed by atoms with Gasteiger partial charge >= 0.3 is 5.69 Å². The molecule has 0 N–H and O–H groups in total. The molecular weight excluding hydrogens is 248 g/mol. The SMILES string of the molecule is COCCN(CCC#N)c1nc(C)ccc1[N+](=O)[O-]. The van der Waals surface area contributed by atoms with Crippen LogP contribution in [0.3, 0.4) is 0 Å². The number of hydrogen-bond donors (Lipinski definition) is 0. The highest BCUT2D eigenvalue weighted by Crippen LogP contribution is 2.26. The fraction of sp³-hybridized carbons (Fsp3) is 0.500. The molecule has 0 radical (unpaired) electrons. The van der Waals surface area contributed by atoms with Gasteiger partial charge in [0.15, 0.2) is 0 Å². The third kappa shape index (κ3) is 4.19. The molecule has 0 saturated carbocycles. The molecule has 7 nitrogen and oxygen atoms in total. The molecule has 0 aromatic carbocycles. The number of aromatic nitrogens is 1. The van der Waals surface area contributed by atoms with Gasteiger partial charge in [0, 0.05) is 32.0 Å². The molecule has 0 spiro atoms. The van der Waals surface area contributed by atoms with E-state index in [1.807, 2.05) is 6.07 Å². The van der Waals surface area contributed by atoms with E-state index >= 15 is 0 Å². The van der Waals surface area contributed by atoms with Crippen molar-refractivity contribution in [1.29, 1.82) is 5.26 Å². The molecule has 7 heteroatoms. The van der Waals surface area contributed by atoms with Crippen LogP contribution in [0.4, 0.5) is 11.5 Å². The topological polar surface area (TPSA) is 92.3 Å². The Hall–Kier alpha value is -2.20. The number of anilines is 1. The minimum absolute atomic E-state index is 0.0559. The van der Waals surface area contributed by atoms with Crippen molar-refractivity contribution in [3.63, 3.8) is 0 Å². The summed E-state index contributed by atoms with van der Waals surface area (Å²) in [6.07, 6.45) is 0.274. The van der Waals surface area contributed by atoms with E-state index in [9.17, 15) is 10.1 Å². The van der Waals surface area contributed by atoms with Gasteiger partial charge in [0.25, 0.3) is 0 Å². The van der Waals surface area contributed by atoms with E-state index in [1.54, 1.807) is 25.0 Å². The number of nitrogens with zero attached hydrogens (tertiary/aromatic N) is 4. The first-order valence-electron chi connectivity index (χ1n) is 5.83. The van der Waals surface area contributed by atoms with Gasteiger partial charge in [-0.2, -0.15) is 5.26 Å². The van der Waals surface area contributed by atoms with Crippen LogP contribution in [0.2, 0.25) is 0 Å². The highest BCUT2D eigenvalue weighted by atomic mass is 16.6. The van der Waals surface area contributed by atoms with Crippen LogP contribution in [0.5, 0.6) is 0 Å². The molecule has 0 fully saturated rings. The molecule has 0 saturated heterocycles. The van der Waals surface area contributed by atoms with E-state index in [4.69, 9.17) is 10.00 Å². The average Bonchev–Trinajstić information content (AvgIpc) is 2.38. The first kappa shape index (κ1) is 14.9. The smallest absolute Gasteiger partial charge is 0.311 e. The maximum Gasteiger partial charge on any atom is 0.311 e. The van der Waals surface area contributed by atoms with Gasteiger partial charge in [-0.25, -0.2) is 4.98 Å². The van der Waals surface area contributed by atoms with Crippen molar-refractivity contribution in [1.82, 2.24) is 4.98 Å². The molecule has 0 amide bonds. The summed E-state index contributed by atoms with van der Waals surface area (Å²) >= 11 is 0. The molecule has 1 rings (SSSR count). The van der Waals surface area contributed by atoms with Crippen molar-refractivity contribution < 1.29 is 9.66 Å².